The predicted molar refractivity (Wildman–Crippen MR) is 46.5 cm³/mol. The minimum Gasteiger partial charge on any atom is -0.366 e. The number of rotatable bonds is 2. The number of hydrogen-bond donors (Lipinski definition) is 0. The van der Waals surface area contributed by atoms with Crippen molar-refractivity contribution in [2.45, 2.75) is 27.7 Å². The molecular weight excluding hydrogens is 194 g/mol. The Morgan fingerprint density at radius 3 is 1.36 bits per heavy atom. The fourth-order valence-corrected chi connectivity index (χ4v) is 0.371. The third kappa shape index (κ3) is 4.59. The zero-order valence-electron chi connectivity index (χ0n) is 8.48. The molecule has 0 aliphatic heterocycles. The summed E-state index contributed by atoms with van der Waals surface area (Å²) in [4.78, 5) is 10.7. The Morgan fingerprint density at radius 1 is 0.857 bits per heavy atom. The van der Waals surface area contributed by atoms with E-state index < -0.39 is 18.2 Å². The van der Waals surface area contributed by atoms with Gasteiger partial charge in [-0.05, 0) is 38.8 Å². The van der Waals surface area contributed by atoms with E-state index in [0.29, 0.717) is 0 Å². The standard InChI is InChI=1S/C9H12F2O3/c1-5(2)7(10)13-9(12)14-8(11)6(3)4/h1-4H3. The van der Waals surface area contributed by atoms with Gasteiger partial charge in [0.2, 0.25) is 0 Å². The zero-order chi connectivity index (χ0) is 11.3. The van der Waals surface area contributed by atoms with E-state index >= 15 is 0 Å². The molecule has 0 aliphatic rings. The van der Waals surface area contributed by atoms with Gasteiger partial charge in [-0.1, -0.05) is 0 Å². The Hall–Kier alpha value is -1.39. The first-order valence-corrected chi connectivity index (χ1v) is 3.90. The molecule has 0 amide bonds. The second-order valence-electron chi connectivity index (χ2n) is 3.00. The molecule has 0 N–H and O–H groups in total. The van der Waals surface area contributed by atoms with Crippen molar-refractivity contribution in [1.82, 2.24) is 0 Å². The van der Waals surface area contributed by atoms with Crippen molar-refractivity contribution in [3.05, 3.63) is 23.2 Å². The molecule has 14 heavy (non-hydrogen) atoms. The highest BCUT2D eigenvalue weighted by atomic mass is 19.1. The summed E-state index contributed by atoms with van der Waals surface area (Å²) in [7, 11) is 0. The first-order valence-electron chi connectivity index (χ1n) is 3.90. The van der Waals surface area contributed by atoms with E-state index in [4.69, 9.17) is 0 Å². The van der Waals surface area contributed by atoms with Gasteiger partial charge in [-0.2, -0.15) is 8.78 Å². The maximum absolute atomic E-state index is 12.6. The van der Waals surface area contributed by atoms with Gasteiger partial charge in [-0.25, -0.2) is 4.79 Å². The fraction of sp³-hybridized carbons (Fsp3) is 0.444. The Labute approximate surface area is 81.0 Å². The highest BCUT2D eigenvalue weighted by Gasteiger charge is 2.12. The minimum absolute atomic E-state index is 0.166. The lowest BCUT2D eigenvalue weighted by Gasteiger charge is -2.03. The second kappa shape index (κ2) is 5.36. The van der Waals surface area contributed by atoms with Gasteiger partial charge in [-0.3, -0.25) is 0 Å². The third-order valence-corrected chi connectivity index (χ3v) is 1.13. The van der Waals surface area contributed by atoms with Crippen LogP contribution in [-0.4, -0.2) is 6.16 Å². The monoisotopic (exact) mass is 206 g/mol. The van der Waals surface area contributed by atoms with Crippen LogP contribution in [-0.2, 0) is 9.47 Å². The summed E-state index contributed by atoms with van der Waals surface area (Å²) in [5, 5.41) is 0. The van der Waals surface area contributed by atoms with Crippen LogP contribution in [0.25, 0.3) is 0 Å². The van der Waals surface area contributed by atoms with Crippen LogP contribution in [0.1, 0.15) is 27.7 Å². The minimum atomic E-state index is -1.43. The maximum Gasteiger partial charge on any atom is 0.523 e. The predicted octanol–water partition coefficient (Wildman–Crippen LogP) is 3.58. The molecule has 0 bridgehead atoms. The molecule has 0 saturated heterocycles. The van der Waals surface area contributed by atoms with Gasteiger partial charge in [-0.15, -0.1) is 0 Å². The van der Waals surface area contributed by atoms with E-state index in [1.54, 1.807) is 0 Å². The van der Waals surface area contributed by atoms with Gasteiger partial charge in [0, 0.05) is 0 Å². The summed E-state index contributed by atoms with van der Waals surface area (Å²) in [6.07, 6.45) is -1.43. The number of halogens is 2. The Balaban J connectivity index is 4.28. The first kappa shape index (κ1) is 12.6. The Kier molecular flexibility index (Phi) is 4.83. The number of allylic oxidation sites excluding steroid dienone is 2. The van der Waals surface area contributed by atoms with Crippen LogP contribution in [0.5, 0.6) is 0 Å². The van der Waals surface area contributed by atoms with Crippen LogP contribution in [0, 0.1) is 0 Å². The van der Waals surface area contributed by atoms with E-state index in [0.717, 1.165) is 0 Å². The molecule has 0 aromatic carbocycles. The summed E-state index contributed by atoms with van der Waals surface area (Å²) >= 11 is 0. The van der Waals surface area contributed by atoms with Gasteiger partial charge in [0.15, 0.2) is 0 Å². The lowest BCUT2D eigenvalue weighted by Crippen LogP contribution is -2.05. The summed E-state index contributed by atoms with van der Waals surface area (Å²) in [6.45, 7) is 5.61. The summed E-state index contributed by atoms with van der Waals surface area (Å²) < 4.78 is 33.3. The molecule has 0 heterocycles. The van der Waals surface area contributed by atoms with Crippen molar-refractivity contribution in [1.29, 1.82) is 0 Å². The van der Waals surface area contributed by atoms with Crippen molar-refractivity contribution >= 4 is 6.16 Å². The van der Waals surface area contributed by atoms with E-state index in [2.05, 4.69) is 9.47 Å². The van der Waals surface area contributed by atoms with Gasteiger partial charge >= 0.3 is 6.16 Å². The van der Waals surface area contributed by atoms with Crippen molar-refractivity contribution in [2.24, 2.45) is 0 Å². The molecule has 0 spiro atoms. The van der Waals surface area contributed by atoms with Crippen molar-refractivity contribution in [3.8, 4) is 0 Å². The molecule has 0 atom stereocenters. The molecule has 0 aliphatic carbocycles. The molecule has 5 heteroatoms. The molecule has 80 valence electrons. The van der Waals surface area contributed by atoms with Crippen molar-refractivity contribution in [3.63, 3.8) is 0 Å². The maximum atomic E-state index is 12.6. The van der Waals surface area contributed by atoms with Crippen molar-refractivity contribution in [2.75, 3.05) is 0 Å². The SMILES string of the molecule is CC(C)=C(F)OC(=O)OC(F)=C(C)C. The average molecular weight is 206 g/mol. The summed E-state index contributed by atoms with van der Waals surface area (Å²) in [6, 6.07) is -2.17. The smallest absolute Gasteiger partial charge is 0.366 e. The molecule has 0 unspecified atom stereocenters. The van der Waals surface area contributed by atoms with E-state index in [1.807, 2.05) is 0 Å². The van der Waals surface area contributed by atoms with Crippen LogP contribution in [0.4, 0.5) is 13.6 Å². The van der Waals surface area contributed by atoms with Gasteiger partial charge in [0.25, 0.3) is 12.0 Å². The van der Waals surface area contributed by atoms with Gasteiger partial charge in [0.1, 0.15) is 0 Å². The summed E-state index contributed by atoms with van der Waals surface area (Å²) in [5.41, 5.74) is 0.333. The van der Waals surface area contributed by atoms with Crippen LogP contribution in [0.3, 0.4) is 0 Å². The fourth-order valence-electron chi connectivity index (χ4n) is 0.371. The van der Waals surface area contributed by atoms with Crippen LogP contribution in [0.2, 0.25) is 0 Å². The van der Waals surface area contributed by atoms with E-state index in [1.165, 1.54) is 27.7 Å². The highest BCUT2D eigenvalue weighted by Crippen LogP contribution is 2.12. The number of carbonyl (C=O) groups is 1. The molecular formula is C9H12F2O3. The Morgan fingerprint density at radius 2 is 1.14 bits per heavy atom. The van der Waals surface area contributed by atoms with Gasteiger partial charge < -0.3 is 9.47 Å². The van der Waals surface area contributed by atoms with Crippen LogP contribution < -0.4 is 0 Å². The zero-order valence-corrected chi connectivity index (χ0v) is 8.48. The summed E-state index contributed by atoms with van der Waals surface area (Å²) in [5.74, 6) is 0. The Bertz CT molecular complexity index is 256. The number of ether oxygens (including phenoxy) is 2. The highest BCUT2D eigenvalue weighted by molar-refractivity contribution is 5.62. The van der Waals surface area contributed by atoms with Crippen LogP contribution >= 0.6 is 0 Å². The molecule has 0 aromatic heterocycles. The van der Waals surface area contributed by atoms with Gasteiger partial charge in [0.05, 0.1) is 0 Å². The molecule has 0 saturated carbocycles. The lowest BCUT2D eigenvalue weighted by atomic mass is 10.4. The number of carbonyl (C=O) groups excluding carboxylic acids is 1. The van der Waals surface area contributed by atoms with E-state index in [-0.39, 0.29) is 11.1 Å². The molecule has 0 radical (unpaired) electrons. The molecule has 0 rings (SSSR count). The molecule has 0 fully saturated rings. The first-order chi connectivity index (χ1) is 6.34. The second-order valence-corrected chi connectivity index (χ2v) is 3.00. The average Bonchev–Trinajstić information content (AvgIpc) is 2.03. The van der Waals surface area contributed by atoms with Crippen LogP contribution in [0.15, 0.2) is 23.2 Å². The number of hydrogen-bond acceptors (Lipinski definition) is 3. The molecule has 3 nitrogen and oxygen atoms in total. The van der Waals surface area contributed by atoms with Crippen molar-refractivity contribution < 1.29 is 23.0 Å². The molecule has 0 aromatic rings. The lowest BCUT2D eigenvalue weighted by molar-refractivity contribution is 0.0655. The topological polar surface area (TPSA) is 35.5 Å². The third-order valence-electron chi connectivity index (χ3n) is 1.13. The quantitative estimate of drug-likeness (QED) is 0.511. The normalized spacial score (nSPS) is 9.00. The largest absolute Gasteiger partial charge is 0.523 e. The van der Waals surface area contributed by atoms with E-state index in [9.17, 15) is 13.6 Å².